The van der Waals surface area contributed by atoms with E-state index in [1.165, 1.54) is 16.8 Å². The highest BCUT2D eigenvalue weighted by Gasteiger charge is 2.18. The normalized spacial score (nSPS) is 17.4. The molecule has 0 aliphatic carbocycles. The largest absolute Gasteiger partial charge is 0.392 e. The van der Waals surface area contributed by atoms with E-state index in [2.05, 4.69) is 41.5 Å². The first-order chi connectivity index (χ1) is 7.88. The minimum Gasteiger partial charge on any atom is -0.392 e. The van der Waals surface area contributed by atoms with Gasteiger partial charge in [-0.25, -0.2) is 0 Å². The third-order valence-electron chi connectivity index (χ3n) is 3.04. The molecule has 0 bridgehead atoms. The van der Waals surface area contributed by atoms with Gasteiger partial charge in [-0.3, -0.25) is 0 Å². The molecule has 80 valence electrons. The second-order valence-corrected chi connectivity index (χ2v) is 4.02. The van der Waals surface area contributed by atoms with Crippen molar-refractivity contribution in [1.82, 2.24) is 4.90 Å². The number of nitrogens with zero attached hydrogens (tertiary/aromatic N) is 1. The Labute approximate surface area is 94.8 Å². The van der Waals surface area contributed by atoms with Gasteiger partial charge >= 0.3 is 0 Å². The van der Waals surface area contributed by atoms with Crippen molar-refractivity contribution < 1.29 is 5.11 Å². The molecule has 0 aromatic heterocycles. The lowest BCUT2D eigenvalue weighted by Gasteiger charge is -2.30. The van der Waals surface area contributed by atoms with Crippen LogP contribution < -0.4 is 0 Å². The second kappa shape index (κ2) is 3.65. The number of rotatable bonds is 1. The number of benzene rings is 1. The smallest absolute Gasteiger partial charge is 0.0680 e. The molecule has 0 radical (unpaired) electrons. The molecule has 0 fully saturated rings. The van der Waals surface area contributed by atoms with E-state index in [9.17, 15) is 5.11 Å². The molecule has 2 heterocycles. The highest BCUT2D eigenvalue weighted by Crippen LogP contribution is 2.31. The lowest BCUT2D eigenvalue weighted by atomic mass is 9.97. The monoisotopic (exact) mass is 211 g/mol. The number of aliphatic hydroxyl groups excluding tert-OH is 1. The van der Waals surface area contributed by atoms with E-state index in [4.69, 9.17) is 0 Å². The fourth-order valence-electron chi connectivity index (χ4n) is 2.16. The Morgan fingerprint density at radius 2 is 2.12 bits per heavy atom. The maximum Gasteiger partial charge on any atom is 0.0680 e. The molecule has 1 N–H and O–H groups in total. The summed E-state index contributed by atoms with van der Waals surface area (Å²) >= 11 is 0. The zero-order valence-electron chi connectivity index (χ0n) is 8.93. The quantitative estimate of drug-likeness (QED) is 0.770. The Kier molecular flexibility index (Phi) is 2.15. The summed E-state index contributed by atoms with van der Waals surface area (Å²) < 4.78 is 0. The summed E-state index contributed by atoms with van der Waals surface area (Å²) in [5, 5.41) is 9.18. The molecule has 0 saturated heterocycles. The summed E-state index contributed by atoms with van der Waals surface area (Å²) in [7, 11) is 0. The average Bonchev–Trinajstić information content (AvgIpc) is 2.38. The van der Waals surface area contributed by atoms with Crippen molar-refractivity contribution in [2.75, 3.05) is 13.2 Å². The topological polar surface area (TPSA) is 23.5 Å². The Morgan fingerprint density at radius 1 is 1.25 bits per heavy atom. The van der Waals surface area contributed by atoms with Crippen molar-refractivity contribution in [3.05, 3.63) is 59.3 Å². The third kappa shape index (κ3) is 1.39. The van der Waals surface area contributed by atoms with Crippen molar-refractivity contribution in [2.24, 2.45) is 0 Å². The molecule has 1 aromatic rings. The summed E-state index contributed by atoms with van der Waals surface area (Å²) in [6.07, 6.45) is 8.34. The maximum absolute atomic E-state index is 9.18. The minimum absolute atomic E-state index is 0.114. The van der Waals surface area contributed by atoms with Gasteiger partial charge < -0.3 is 10.0 Å². The third-order valence-corrected chi connectivity index (χ3v) is 3.04. The van der Waals surface area contributed by atoms with Crippen molar-refractivity contribution in [2.45, 2.75) is 0 Å². The predicted octanol–water partition coefficient (Wildman–Crippen LogP) is 2.25. The molecule has 2 nitrogen and oxygen atoms in total. The first-order valence-electron chi connectivity index (χ1n) is 5.44. The number of hydrogen-bond donors (Lipinski definition) is 1. The van der Waals surface area contributed by atoms with E-state index in [0.717, 1.165) is 12.1 Å². The van der Waals surface area contributed by atoms with Crippen molar-refractivity contribution in [3.8, 4) is 0 Å². The molecule has 0 amide bonds. The van der Waals surface area contributed by atoms with Gasteiger partial charge in [0.05, 0.1) is 6.61 Å². The lowest BCUT2D eigenvalue weighted by Crippen LogP contribution is -2.22. The highest BCUT2D eigenvalue weighted by atomic mass is 16.3. The van der Waals surface area contributed by atoms with Crippen LogP contribution in [0.3, 0.4) is 0 Å². The fourth-order valence-corrected chi connectivity index (χ4v) is 2.16. The van der Waals surface area contributed by atoms with Gasteiger partial charge in [-0.05, 0) is 23.3 Å². The van der Waals surface area contributed by atoms with Gasteiger partial charge in [-0.15, -0.1) is 0 Å². The molecule has 1 aromatic carbocycles. The molecule has 0 spiro atoms. The van der Waals surface area contributed by atoms with Gasteiger partial charge in [0.25, 0.3) is 0 Å². The molecule has 0 saturated carbocycles. The highest BCUT2D eigenvalue weighted by molar-refractivity contribution is 5.79. The van der Waals surface area contributed by atoms with Crippen LogP contribution in [0.5, 0.6) is 0 Å². The maximum atomic E-state index is 9.18. The van der Waals surface area contributed by atoms with E-state index in [1.807, 2.05) is 12.1 Å². The molecule has 0 atom stereocenters. The number of fused-ring (bicyclic) bond motifs is 3. The fraction of sp³-hybridized carbons (Fsp3) is 0.143. The lowest BCUT2D eigenvalue weighted by molar-refractivity contribution is 0.333. The van der Waals surface area contributed by atoms with Crippen LogP contribution in [0, 0.1) is 0 Å². The summed E-state index contributed by atoms with van der Waals surface area (Å²) in [5.74, 6) is 0. The predicted molar refractivity (Wildman–Crippen MR) is 65.3 cm³/mol. The zero-order chi connectivity index (χ0) is 11.0. The minimum atomic E-state index is 0.114. The number of hydrogen-bond acceptors (Lipinski definition) is 2. The Morgan fingerprint density at radius 3 is 3.00 bits per heavy atom. The summed E-state index contributed by atoms with van der Waals surface area (Å²) in [6, 6.07) is 8.33. The Balaban J connectivity index is 2.13. The van der Waals surface area contributed by atoms with E-state index < -0.39 is 0 Å². The van der Waals surface area contributed by atoms with Crippen LogP contribution in [0.4, 0.5) is 0 Å². The SMILES string of the molecule is OCC1=CCN2C=Cc3ccccc3C2=C1. The van der Waals surface area contributed by atoms with Crippen LogP contribution in [0.15, 0.2) is 48.2 Å². The Hall–Kier alpha value is -1.80. The van der Waals surface area contributed by atoms with Crippen LogP contribution >= 0.6 is 0 Å². The molecule has 2 heteroatoms. The first kappa shape index (κ1) is 9.43. The zero-order valence-corrected chi connectivity index (χ0v) is 8.93. The van der Waals surface area contributed by atoms with Gasteiger partial charge in [-0.2, -0.15) is 0 Å². The first-order valence-corrected chi connectivity index (χ1v) is 5.44. The van der Waals surface area contributed by atoms with Gasteiger partial charge in [0.1, 0.15) is 0 Å². The van der Waals surface area contributed by atoms with E-state index in [0.29, 0.717) is 0 Å². The molecular weight excluding hydrogens is 198 g/mol. The number of aliphatic hydroxyl groups is 1. The van der Waals surface area contributed by atoms with Gasteiger partial charge in [-0.1, -0.05) is 30.3 Å². The molecular formula is C14H13NO. The van der Waals surface area contributed by atoms with Crippen molar-refractivity contribution in [1.29, 1.82) is 0 Å². The van der Waals surface area contributed by atoms with E-state index in [1.54, 1.807) is 0 Å². The van der Waals surface area contributed by atoms with Crippen molar-refractivity contribution >= 4 is 11.8 Å². The van der Waals surface area contributed by atoms with Crippen LogP contribution in [-0.2, 0) is 0 Å². The Bertz CT molecular complexity index is 511. The van der Waals surface area contributed by atoms with Gasteiger partial charge in [0, 0.05) is 24.0 Å². The molecule has 3 rings (SSSR count). The summed E-state index contributed by atoms with van der Waals surface area (Å²) in [5.41, 5.74) is 4.66. The van der Waals surface area contributed by atoms with Crippen LogP contribution in [0.2, 0.25) is 0 Å². The van der Waals surface area contributed by atoms with Crippen LogP contribution in [0.1, 0.15) is 11.1 Å². The van der Waals surface area contributed by atoms with Gasteiger partial charge in [0.15, 0.2) is 0 Å². The van der Waals surface area contributed by atoms with Crippen molar-refractivity contribution in [3.63, 3.8) is 0 Å². The average molecular weight is 211 g/mol. The standard InChI is InChI=1S/C14H13NO/c16-10-11-5-7-15-8-6-12-3-1-2-4-13(12)14(15)9-11/h1-6,8-9,16H,7,10H2. The van der Waals surface area contributed by atoms with Crippen LogP contribution in [-0.4, -0.2) is 23.2 Å². The molecule has 2 aliphatic rings. The van der Waals surface area contributed by atoms with Gasteiger partial charge in [0.2, 0.25) is 0 Å². The molecule has 2 aliphatic heterocycles. The summed E-state index contributed by atoms with van der Waals surface area (Å²) in [6.45, 7) is 0.954. The molecule has 16 heavy (non-hydrogen) atoms. The summed E-state index contributed by atoms with van der Waals surface area (Å²) in [4.78, 5) is 2.20. The van der Waals surface area contributed by atoms with E-state index >= 15 is 0 Å². The second-order valence-electron chi connectivity index (χ2n) is 4.02. The van der Waals surface area contributed by atoms with E-state index in [-0.39, 0.29) is 6.61 Å². The van der Waals surface area contributed by atoms with Crippen LogP contribution in [0.25, 0.3) is 11.8 Å². The molecule has 0 unspecified atom stereocenters.